The van der Waals surface area contributed by atoms with Gasteiger partial charge in [0.15, 0.2) is 5.78 Å². The lowest BCUT2D eigenvalue weighted by Gasteiger charge is -2.22. The van der Waals surface area contributed by atoms with Gasteiger partial charge >= 0.3 is 6.36 Å². The standard InChI is InChI=1S/C12H12F3NO2/c13-12(14,15)18-9-3-1-2-8(6-9)10-4-5-16-7-11(10)17/h1-3,6,10,16H,4-5,7H2. The van der Waals surface area contributed by atoms with Crippen LogP contribution in [0.15, 0.2) is 24.3 Å². The molecule has 1 aliphatic heterocycles. The van der Waals surface area contributed by atoms with Gasteiger partial charge in [0, 0.05) is 5.92 Å². The Morgan fingerprint density at radius 1 is 1.33 bits per heavy atom. The highest BCUT2D eigenvalue weighted by Crippen LogP contribution is 2.28. The number of hydrogen-bond donors (Lipinski definition) is 1. The van der Waals surface area contributed by atoms with Gasteiger partial charge in [0.2, 0.25) is 0 Å². The summed E-state index contributed by atoms with van der Waals surface area (Å²) in [5, 5.41) is 2.93. The number of carbonyl (C=O) groups excluding carboxylic acids is 1. The number of benzene rings is 1. The van der Waals surface area contributed by atoms with Gasteiger partial charge in [-0.3, -0.25) is 4.79 Å². The van der Waals surface area contributed by atoms with Gasteiger partial charge < -0.3 is 10.1 Å². The van der Waals surface area contributed by atoms with E-state index in [9.17, 15) is 18.0 Å². The van der Waals surface area contributed by atoms with Crippen molar-refractivity contribution in [2.45, 2.75) is 18.7 Å². The first-order valence-corrected chi connectivity index (χ1v) is 5.55. The second-order valence-electron chi connectivity index (χ2n) is 4.10. The number of ketones is 1. The van der Waals surface area contributed by atoms with Crippen LogP contribution >= 0.6 is 0 Å². The summed E-state index contributed by atoms with van der Waals surface area (Å²) >= 11 is 0. The van der Waals surface area contributed by atoms with Crippen molar-refractivity contribution in [3.05, 3.63) is 29.8 Å². The third-order valence-corrected chi connectivity index (χ3v) is 2.79. The second-order valence-corrected chi connectivity index (χ2v) is 4.10. The first-order valence-electron chi connectivity index (χ1n) is 5.55. The van der Waals surface area contributed by atoms with Crippen LogP contribution in [0.1, 0.15) is 17.9 Å². The minimum absolute atomic E-state index is 0.00888. The SMILES string of the molecule is O=C1CNCCC1c1cccc(OC(F)(F)F)c1. The van der Waals surface area contributed by atoms with Crippen molar-refractivity contribution in [1.29, 1.82) is 0 Å². The molecule has 0 spiro atoms. The van der Waals surface area contributed by atoms with Crippen molar-refractivity contribution in [1.82, 2.24) is 5.32 Å². The Hall–Kier alpha value is -1.56. The predicted octanol–water partition coefficient (Wildman–Crippen LogP) is 2.23. The quantitative estimate of drug-likeness (QED) is 0.885. The van der Waals surface area contributed by atoms with E-state index in [0.717, 1.165) is 0 Å². The number of piperidine rings is 1. The van der Waals surface area contributed by atoms with Crippen LogP contribution in [0.5, 0.6) is 5.75 Å². The molecular formula is C12H12F3NO2. The molecule has 98 valence electrons. The third-order valence-electron chi connectivity index (χ3n) is 2.79. The molecule has 1 aliphatic rings. The Kier molecular flexibility index (Phi) is 3.56. The molecule has 1 saturated heterocycles. The zero-order valence-electron chi connectivity index (χ0n) is 9.46. The molecule has 6 heteroatoms. The molecule has 0 bridgehead atoms. The highest BCUT2D eigenvalue weighted by molar-refractivity contribution is 5.88. The van der Waals surface area contributed by atoms with Crippen LogP contribution in [-0.2, 0) is 4.79 Å². The monoisotopic (exact) mass is 259 g/mol. The first kappa shape index (κ1) is 12.9. The molecule has 0 aliphatic carbocycles. The summed E-state index contributed by atoms with van der Waals surface area (Å²) in [5.41, 5.74) is 0.572. The smallest absolute Gasteiger partial charge is 0.406 e. The van der Waals surface area contributed by atoms with E-state index < -0.39 is 6.36 Å². The fourth-order valence-corrected chi connectivity index (χ4v) is 2.02. The van der Waals surface area contributed by atoms with Crippen LogP contribution < -0.4 is 10.1 Å². The molecule has 1 aromatic carbocycles. The van der Waals surface area contributed by atoms with Crippen LogP contribution in [0, 0.1) is 0 Å². The summed E-state index contributed by atoms with van der Waals surface area (Å²) in [7, 11) is 0. The normalized spacial score (nSPS) is 20.8. The number of carbonyl (C=O) groups is 1. The highest BCUT2D eigenvalue weighted by atomic mass is 19.4. The van der Waals surface area contributed by atoms with E-state index in [1.807, 2.05) is 0 Å². The summed E-state index contributed by atoms with van der Waals surface area (Å²) in [6.07, 6.45) is -4.12. The van der Waals surface area contributed by atoms with Crippen molar-refractivity contribution in [3.8, 4) is 5.75 Å². The van der Waals surface area contributed by atoms with E-state index >= 15 is 0 Å². The summed E-state index contributed by atoms with van der Waals surface area (Å²) in [4.78, 5) is 11.7. The Bertz CT molecular complexity index is 445. The van der Waals surface area contributed by atoms with E-state index in [2.05, 4.69) is 10.1 Å². The molecular weight excluding hydrogens is 247 g/mol. The van der Waals surface area contributed by atoms with Gasteiger partial charge in [0.05, 0.1) is 6.54 Å². The first-order chi connectivity index (χ1) is 8.46. The lowest BCUT2D eigenvalue weighted by atomic mass is 9.89. The molecule has 0 saturated carbocycles. The number of rotatable bonds is 2. The number of alkyl halides is 3. The minimum atomic E-state index is -4.71. The fourth-order valence-electron chi connectivity index (χ4n) is 2.02. The predicted molar refractivity (Wildman–Crippen MR) is 58.4 cm³/mol. The molecule has 1 unspecified atom stereocenters. The average molecular weight is 259 g/mol. The van der Waals surface area contributed by atoms with E-state index in [1.165, 1.54) is 18.2 Å². The van der Waals surface area contributed by atoms with Gasteiger partial charge in [-0.25, -0.2) is 0 Å². The van der Waals surface area contributed by atoms with E-state index in [1.54, 1.807) is 6.07 Å². The molecule has 3 nitrogen and oxygen atoms in total. The molecule has 1 aromatic rings. The van der Waals surface area contributed by atoms with Crippen LogP contribution in [0.3, 0.4) is 0 Å². The molecule has 1 atom stereocenters. The molecule has 1 heterocycles. The van der Waals surface area contributed by atoms with Gasteiger partial charge in [0.25, 0.3) is 0 Å². The highest BCUT2D eigenvalue weighted by Gasteiger charge is 2.31. The Morgan fingerprint density at radius 3 is 2.78 bits per heavy atom. The summed E-state index contributed by atoms with van der Waals surface area (Å²) in [6, 6.07) is 5.62. The molecule has 0 amide bonds. The maximum absolute atomic E-state index is 12.1. The largest absolute Gasteiger partial charge is 0.573 e. The van der Waals surface area contributed by atoms with Crippen LogP contribution in [0.25, 0.3) is 0 Å². The number of hydrogen-bond acceptors (Lipinski definition) is 3. The van der Waals surface area contributed by atoms with Gasteiger partial charge in [-0.2, -0.15) is 0 Å². The average Bonchev–Trinajstić information content (AvgIpc) is 2.27. The van der Waals surface area contributed by atoms with Crippen LogP contribution in [-0.4, -0.2) is 25.2 Å². The molecule has 0 aromatic heterocycles. The summed E-state index contributed by atoms with van der Waals surface area (Å²) in [6.45, 7) is 0.940. The van der Waals surface area contributed by atoms with E-state index in [0.29, 0.717) is 18.5 Å². The topological polar surface area (TPSA) is 38.3 Å². The minimum Gasteiger partial charge on any atom is -0.406 e. The summed E-state index contributed by atoms with van der Waals surface area (Å²) < 4.78 is 40.1. The summed E-state index contributed by atoms with van der Waals surface area (Å²) in [5.74, 6) is -0.639. The van der Waals surface area contributed by atoms with Gasteiger partial charge in [0.1, 0.15) is 5.75 Å². The van der Waals surface area contributed by atoms with Crippen molar-refractivity contribution < 1.29 is 22.7 Å². The molecule has 18 heavy (non-hydrogen) atoms. The van der Waals surface area contributed by atoms with Crippen LogP contribution in [0.2, 0.25) is 0 Å². The number of halogens is 3. The van der Waals surface area contributed by atoms with E-state index in [-0.39, 0.29) is 24.0 Å². The second kappa shape index (κ2) is 4.97. The van der Waals surface area contributed by atoms with Crippen molar-refractivity contribution >= 4 is 5.78 Å². The fraction of sp³-hybridized carbons (Fsp3) is 0.417. The third kappa shape index (κ3) is 3.22. The molecule has 1 N–H and O–H groups in total. The van der Waals surface area contributed by atoms with Crippen LogP contribution in [0.4, 0.5) is 13.2 Å². The Balaban J connectivity index is 2.18. The Morgan fingerprint density at radius 2 is 2.11 bits per heavy atom. The maximum atomic E-state index is 12.1. The van der Waals surface area contributed by atoms with Crippen molar-refractivity contribution in [2.75, 3.05) is 13.1 Å². The van der Waals surface area contributed by atoms with Crippen molar-refractivity contribution in [3.63, 3.8) is 0 Å². The Labute approximate surface area is 102 Å². The number of Topliss-reactive ketones (excluding diaryl/α,β-unsaturated/α-hetero) is 1. The van der Waals surface area contributed by atoms with Gasteiger partial charge in [-0.05, 0) is 30.7 Å². The maximum Gasteiger partial charge on any atom is 0.573 e. The van der Waals surface area contributed by atoms with Gasteiger partial charge in [-0.1, -0.05) is 12.1 Å². The van der Waals surface area contributed by atoms with E-state index in [4.69, 9.17) is 0 Å². The number of ether oxygens (including phenoxy) is 1. The zero-order valence-corrected chi connectivity index (χ0v) is 9.46. The van der Waals surface area contributed by atoms with Gasteiger partial charge in [-0.15, -0.1) is 13.2 Å². The lowest BCUT2D eigenvalue weighted by Crippen LogP contribution is -2.35. The number of nitrogens with one attached hydrogen (secondary N) is 1. The lowest BCUT2D eigenvalue weighted by molar-refractivity contribution is -0.274. The molecule has 0 radical (unpaired) electrons. The molecule has 2 rings (SSSR count). The zero-order chi connectivity index (χ0) is 13.2. The molecule has 1 fully saturated rings. The van der Waals surface area contributed by atoms with Crippen molar-refractivity contribution in [2.24, 2.45) is 0 Å².